The molecule has 1 aromatic carbocycles. The summed E-state index contributed by atoms with van der Waals surface area (Å²) in [6, 6.07) is 5.48. The molecular formula is C17H25ClN2O3. The Balaban J connectivity index is 3.10. The van der Waals surface area contributed by atoms with Gasteiger partial charge in [0.1, 0.15) is 11.5 Å². The SMILES string of the molecule is CC(C)c1ccc(N(C)C(=O)OC(C)(C)C)cc1NC(=O)CCl. The van der Waals surface area contributed by atoms with E-state index in [9.17, 15) is 9.59 Å². The molecule has 0 unspecified atom stereocenters. The number of amides is 2. The van der Waals surface area contributed by atoms with E-state index >= 15 is 0 Å². The first-order chi connectivity index (χ1) is 10.5. The first kappa shape index (κ1) is 19.3. The molecule has 1 rings (SSSR count). The summed E-state index contributed by atoms with van der Waals surface area (Å²) in [5.74, 6) is -0.184. The van der Waals surface area contributed by atoms with Crippen molar-refractivity contribution < 1.29 is 14.3 Å². The van der Waals surface area contributed by atoms with Gasteiger partial charge in [0.2, 0.25) is 5.91 Å². The number of ether oxygens (including phenoxy) is 1. The Labute approximate surface area is 142 Å². The van der Waals surface area contributed by atoms with Gasteiger partial charge < -0.3 is 10.1 Å². The molecule has 0 atom stereocenters. The van der Waals surface area contributed by atoms with E-state index in [2.05, 4.69) is 5.32 Å². The average molecular weight is 341 g/mol. The molecule has 128 valence electrons. The molecule has 0 saturated carbocycles. The number of carbonyl (C=O) groups is 2. The Morgan fingerprint density at radius 2 is 1.91 bits per heavy atom. The Hall–Kier alpha value is -1.75. The number of nitrogens with one attached hydrogen (secondary N) is 1. The molecule has 0 aromatic heterocycles. The van der Waals surface area contributed by atoms with Gasteiger partial charge in [-0.3, -0.25) is 9.69 Å². The van der Waals surface area contributed by atoms with Crippen molar-refractivity contribution in [3.63, 3.8) is 0 Å². The van der Waals surface area contributed by atoms with Gasteiger partial charge in [-0.2, -0.15) is 0 Å². The van der Waals surface area contributed by atoms with E-state index < -0.39 is 11.7 Å². The van der Waals surface area contributed by atoms with E-state index in [-0.39, 0.29) is 17.7 Å². The topological polar surface area (TPSA) is 58.6 Å². The highest BCUT2D eigenvalue weighted by Gasteiger charge is 2.21. The molecule has 5 nitrogen and oxygen atoms in total. The van der Waals surface area contributed by atoms with Gasteiger partial charge in [-0.05, 0) is 44.4 Å². The van der Waals surface area contributed by atoms with E-state index in [1.165, 1.54) is 4.90 Å². The fraction of sp³-hybridized carbons (Fsp3) is 0.529. The van der Waals surface area contributed by atoms with Crippen LogP contribution in [-0.2, 0) is 9.53 Å². The Morgan fingerprint density at radius 3 is 2.39 bits per heavy atom. The smallest absolute Gasteiger partial charge is 0.414 e. The van der Waals surface area contributed by atoms with Gasteiger partial charge in [-0.15, -0.1) is 11.6 Å². The molecule has 1 N–H and O–H groups in total. The zero-order valence-corrected chi connectivity index (χ0v) is 15.3. The first-order valence-electron chi connectivity index (χ1n) is 7.51. The van der Waals surface area contributed by atoms with Crippen LogP contribution in [0.5, 0.6) is 0 Å². The van der Waals surface area contributed by atoms with Gasteiger partial charge in [-0.25, -0.2) is 4.79 Å². The number of hydrogen-bond donors (Lipinski definition) is 1. The maximum absolute atomic E-state index is 12.2. The molecule has 0 heterocycles. The molecule has 0 aliphatic carbocycles. The van der Waals surface area contributed by atoms with Crippen molar-refractivity contribution in [2.75, 3.05) is 23.1 Å². The van der Waals surface area contributed by atoms with E-state index in [1.54, 1.807) is 13.1 Å². The number of carbonyl (C=O) groups excluding carboxylic acids is 2. The van der Waals surface area contributed by atoms with Crippen molar-refractivity contribution in [2.45, 2.75) is 46.1 Å². The summed E-state index contributed by atoms with van der Waals surface area (Å²) in [6.45, 7) is 9.50. The minimum atomic E-state index is -0.571. The van der Waals surface area contributed by atoms with E-state index in [0.29, 0.717) is 11.4 Å². The standard InChI is InChI=1S/C17H25ClN2O3/c1-11(2)13-8-7-12(9-14(13)19-15(21)10-18)20(6)16(22)23-17(3,4)5/h7-9,11H,10H2,1-6H3,(H,19,21). The van der Waals surface area contributed by atoms with Gasteiger partial charge in [0, 0.05) is 18.4 Å². The minimum absolute atomic E-state index is 0.121. The number of benzene rings is 1. The molecule has 2 amide bonds. The normalized spacial score (nSPS) is 11.3. The summed E-state index contributed by atoms with van der Waals surface area (Å²) in [6.07, 6.45) is -0.454. The quantitative estimate of drug-likeness (QED) is 0.828. The summed E-state index contributed by atoms with van der Waals surface area (Å²) in [5, 5.41) is 2.77. The lowest BCUT2D eigenvalue weighted by molar-refractivity contribution is -0.113. The molecule has 0 bridgehead atoms. The van der Waals surface area contributed by atoms with Crippen LogP contribution in [-0.4, -0.2) is 30.5 Å². The largest absolute Gasteiger partial charge is 0.443 e. The lowest BCUT2D eigenvalue weighted by Gasteiger charge is -2.25. The second-order valence-electron chi connectivity index (χ2n) is 6.65. The monoisotopic (exact) mass is 340 g/mol. The number of rotatable bonds is 4. The van der Waals surface area contributed by atoms with Crippen molar-refractivity contribution in [1.82, 2.24) is 0 Å². The summed E-state index contributed by atoms with van der Waals surface area (Å²) in [5.41, 5.74) is 1.69. The predicted molar refractivity (Wildman–Crippen MR) is 94.5 cm³/mol. The highest BCUT2D eigenvalue weighted by Crippen LogP contribution is 2.29. The van der Waals surface area contributed by atoms with Crippen molar-refractivity contribution in [3.05, 3.63) is 23.8 Å². The molecule has 0 aliphatic heterocycles. The Morgan fingerprint density at radius 1 is 1.30 bits per heavy atom. The average Bonchev–Trinajstić information content (AvgIpc) is 2.44. The Bertz CT molecular complexity index is 580. The van der Waals surface area contributed by atoms with Crippen molar-refractivity contribution in [3.8, 4) is 0 Å². The highest BCUT2D eigenvalue weighted by molar-refractivity contribution is 6.29. The highest BCUT2D eigenvalue weighted by atomic mass is 35.5. The number of alkyl halides is 1. The molecule has 23 heavy (non-hydrogen) atoms. The third-order valence-electron chi connectivity index (χ3n) is 3.11. The van der Waals surface area contributed by atoms with Crippen molar-refractivity contribution >= 4 is 35.0 Å². The van der Waals surface area contributed by atoms with Crippen LogP contribution in [0.4, 0.5) is 16.2 Å². The summed E-state index contributed by atoms with van der Waals surface area (Å²) >= 11 is 5.56. The van der Waals surface area contributed by atoms with Crippen molar-refractivity contribution in [2.24, 2.45) is 0 Å². The molecular weight excluding hydrogens is 316 g/mol. The minimum Gasteiger partial charge on any atom is -0.443 e. The van der Waals surface area contributed by atoms with Gasteiger partial charge in [0.25, 0.3) is 0 Å². The number of halogens is 1. The molecule has 0 saturated heterocycles. The predicted octanol–water partition coefficient (Wildman–Crippen LogP) is 4.36. The third kappa shape index (κ3) is 5.75. The number of nitrogens with zero attached hydrogens (tertiary/aromatic N) is 1. The van der Waals surface area contributed by atoms with E-state index in [0.717, 1.165) is 5.56 Å². The van der Waals surface area contributed by atoms with Gasteiger partial charge in [0.15, 0.2) is 0 Å². The zero-order valence-electron chi connectivity index (χ0n) is 14.6. The molecule has 0 spiro atoms. The van der Waals surface area contributed by atoms with Crippen LogP contribution >= 0.6 is 11.6 Å². The third-order valence-corrected chi connectivity index (χ3v) is 3.35. The first-order valence-corrected chi connectivity index (χ1v) is 8.05. The molecule has 0 radical (unpaired) electrons. The van der Waals surface area contributed by atoms with Crippen LogP contribution in [0.25, 0.3) is 0 Å². The summed E-state index contributed by atoms with van der Waals surface area (Å²) in [4.78, 5) is 25.2. The maximum atomic E-state index is 12.2. The van der Waals surface area contributed by atoms with Gasteiger partial charge in [0.05, 0.1) is 0 Å². The van der Waals surface area contributed by atoms with Crippen LogP contribution in [0.15, 0.2) is 18.2 Å². The lowest BCUT2D eigenvalue weighted by atomic mass is 10.0. The van der Waals surface area contributed by atoms with E-state index in [1.807, 2.05) is 46.8 Å². The number of hydrogen-bond acceptors (Lipinski definition) is 3. The van der Waals surface area contributed by atoms with Crippen molar-refractivity contribution in [1.29, 1.82) is 0 Å². The maximum Gasteiger partial charge on any atom is 0.414 e. The summed E-state index contributed by atoms with van der Waals surface area (Å²) in [7, 11) is 1.63. The summed E-state index contributed by atoms with van der Waals surface area (Å²) < 4.78 is 5.35. The van der Waals surface area contributed by atoms with Gasteiger partial charge >= 0.3 is 6.09 Å². The molecule has 0 aliphatic rings. The number of anilines is 2. The van der Waals surface area contributed by atoms with Crippen LogP contribution in [0.1, 0.15) is 46.1 Å². The molecule has 6 heteroatoms. The fourth-order valence-electron chi connectivity index (χ4n) is 1.98. The van der Waals surface area contributed by atoms with Gasteiger partial charge in [-0.1, -0.05) is 19.9 Å². The second kappa shape index (κ2) is 7.68. The second-order valence-corrected chi connectivity index (χ2v) is 6.91. The molecule has 1 aromatic rings. The molecule has 0 fully saturated rings. The van der Waals surface area contributed by atoms with Crippen LogP contribution in [0.2, 0.25) is 0 Å². The van der Waals surface area contributed by atoms with Crippen LogP contribution in [0.3, 0.4) is 0 Å². The van der Waals surface area contributed by atoms with Crippen LogP contribution in [0, 0.1) is 0 Å². The van der Waals surface area contributed by atoms with E-state index in [4.69, 9.17) is 16.3 Å². The van der Waals surface area contributed by atoms with Crippen LogP contribution < -0.4 is 10.2 Å². The Kier molecular flexibility index (Phi) is 6.45. The fourth-order valence-corrected chi connectivity index (χ4v) is 2.05. The lowest BCUT2D eigenvalue weighted by Crippen LogP contribution is -2.34. The zero-order chi connectivity index (χ0) is 17.8.